The standard InChI is InChI=1S/C12H15ClO2S/c1-7(2)15-12(14)10-8-5-3-4-6-9(8)11(13)16-10/h7H,3-6H2,1-2H3. The van der Waals surface area contributed by atoms with Crippen LogP contribution < -0.4 is 0 Å². The molecule has 0 saturated carbocycles. The zero-order valence-electron chi connectivity index (χ0n) is 9.51. The van der Waals surface area contributed by atoms with Crippen LogP contribution in [-0.4, -0.2) is 12.1 Å². The number of rotatable bonds is 2. The molecule has 1 aromatic rings. The van der Waals surface area contributed by atoms with E-state index in [1.807, 2.05) is 13.8 Å². The number of hydrogen-bond donors (Lipinski definition) is 0. The maximum atomic E-state index is 11.9. The third kappa shape index (κ3) is 2.25. The van der Waals surface area contributed by atoms with Crippen molar-refractivity contribution in [2.75, 3.05) is 0 Å². The second kappa shape index (κ2) is 4.76. The lowest BCUT2D eigenvalue weighted by molar-refractivity contribution is 0.0382. The molecule has 0 aliphatic heterocycles. The Morgan fingerprint density at radius 1 is 1.31 bits per heavy atom. The van der Waals surface area contributed by atoms with Crippen LogP contribution >= 0.6 is 22.9 Å². The second-order valence-corrected chi connectivity index (χ2v) is 5.95. The van der Waals surface area contributed by atoms with E-state index in [1.54, 1.807) is 0 Å². The highest BCUT2D eigenvalue weighted by Gasteiger charge is 2.25. The molecule has 2 rings (SSSR count). The van der Waals surface area contributed by atoms with Gasteiger partial charge >= 0.3 is 5.97 Å². The van der Waals surface area contributed by atoms with Crippen LogP contribution in [0.15, 0.2) is 0 Å². The zero-order chi connectivity index (χ0) is 11.7. The van der Waals surface area contributed by atoms with Gasteiger partial charge in [-0.25, -0.2) is 4.79 Å². The Labute approximate surface area is 105 Å². The number of thiophene rings is 1. The van der Waals surface area contributed by atoms with Gasteiger partial charge in [-0.3, -0.25) is 0 Å². The summed E-state index contributed by atoms with van der Waals surface area (Å²) < 4.78 is 6.00. The largest absolute Gasteiger partial charge is 0.459 e. The number of hydrogen-bond acceptors (Lipinski definition) is 3. The third-order valence-corrected chi connectivity index (χ3v) is 4.20. The van der Waals surface area contributed by atoms with Gasteiger partial charge in [-0.15, -0.1) is 11.3 Å². The first-order chi connectivity index (χ1) is 7.59. The van der Waals surface area contributed by atoms with Crippen LogP contribution in [0.2, 0.25) is 4.34 Å². The first kappa shape index (κ1) is 11.9. The SMILES string of the molecule is CC(C)OC(=O)c1sc(Cl)c2c1CCCC2. The van der Waals surface area contributed by atoms with Gasteiger partial charge in [-0.2, -0.15) is 0 Å². The van der Waals surface area contributed by atoms with Gasteiger partial charge < -0.3 is 4.74 Å². The lowest BCUT2D eigenvalue weighted by atomic mass is 9.94. The van der Waals surface area contributed by atoms with E-state index in [2.05, 4.69) is 0 Å². The lowest BCUT2D eigenvalue weighted by Crippen LogP contribution is -2.13. The molecule has 0 spiro atoms. The molecule has 4 heteroatoms. The topological polar surface area (TPSA) is 26.3 Å². The van der Waals surface area contributed by atoms with Gasteiger partial charge in [0.2, 0.25) is 0 Å². The van der Waals surface area contributed by atoms with Crippen molar-refractivity contribution in [1.29, 1.82) is 0 Å². The predicted octanol–water partition coefficient (Wildman–Crippen LogP) is 3.85. The highest BCUT2D eigenvalue weighted by atomic mass is 35.5. The van der Waals surface area contributed by atoms with Crippen LogP contribution in [0, 0.1) is 0 Å². The van der Waals surface area contributed by atoms with Crippen LogP contribution in [0.4, 0.5) is 0 Å². The number of esters is 1. The number of carbonyl (C=O) groups is 1. The molecule has 0 saturated heterocycles. The third-order valence-electron chi connectivity index (χ3n) is 2.70. The molecule has 0 atom stereocenters. The van der Waals surface area contributed by atoms with E-state index in [0.717, 1.165) is 29.2 Å². The highest BCUT2D eigenvalue weighted by molar-refractivity contribution is 7.18. The first-order valence-electron chi connectivity index (χ1n) is 5.60. The zero-order valence-corrected chi connectivity index (χ0v) is 11.1. The Kier molecular flexibility index (Phi) is 3.55. The molecule has 1 aliphatic rings. The molecule has 1 aliphatic carbocycles. The number of ether oxygens (including phenoxy) is 1. The molecule has 2 nitrogen and oxygen atoms in total. The minimum absolute atomic E-state index is 0.0763. The van der Waals surface area contributed by atoms with Gasteiger partial charge in [0, 0.05) is 0 Å². The monoisotopic (exact) mass is 258 g/mol. The summed E-state index contributed by atoms with van der Waals surface area (Å²) in [6.07, 6.45) is 4.19. The molecule has 0 radical (unpaired) electrons. The predicted molar refractivity (Wildman–Crippen MR) is 66.5 cm³/mol. The average Bonchev–Trinajstić information content (AvgIpc) is 2.56. The van der Waals surface area contributed by atoms with Crippen molar-refractivity contribution in [3.8, 4) is 0 Å². The van der Waals surface area contributed by atoms with Gasteiger partial charge in [0.15, 0.2) is 0 Å². The molecule has 1 aromatic heterocycles. The van der Waals surface area contributed by atoms with Gasteiger partial charge in [-0.1, -0.05) is 11.6 Å². The fourth-order valence-corrected chi connectivity index (χ4v) is 3.47. The Morgan fingerprint density at radius 3 is 2.56 bits per heavy atom. The minimum atomic E-state index is -0.218. The Bertz CT molecular complexity index is 409. The Hall–Kier alpha value is -0.540. The summed E-state index contributed by atoms with van der Waals surface area (Å²) in [6, 6.07) is 0. The lowest BCUT2D eigenvalue weighted by Gasteiger charge is -2.13. The van der Waals surface area contributed by atoms with Crippen molar-refractivity contribution in [3.05, 3.63) is 20.3 Å². The minimum Gasteiger partial charge on any atom is -0.459 e. The normalized spacial score (nSPS) is 15.0. The van der Waals surface area contributed by atoms with Crippen LogP contribution in [0.25, 0.3) is 0 Å². The van der Waals surface area contributed by atoms with Crippen molar-refractivity contribution < 1.29 is 9.53 Å². The molecular formula is C12H15ClO2S. The van der Waals surface area contributed by atoms with Gasteiger partial charge in [0.1, 0.15) is 4.88 Å². The molecular weight excluding hydrogens is 244 g/mol. The van der Waals surface area contributed by atoms with Crippen molar-refractivity contribution >= 4 is 28.9 Å². The van der Waals surface area contributed by atoms with Crippen LogP contribution in [-0.2, 0) is 17.6 Å². The van der Waals surface area contributed by atoms with E-state index in [1.165, 1.54) is 23.3 Å². The molecule has 16 heavy (non-hydrogen) atoms. The number of fused-ring (bicyclic) bond motifs is 1. The molecule has 0 aromatic carbocycles. The second-order valence-electron chi connectivity index (χ2n) is 4.32. The maximum absolute atomic E-state index is 11.9. The van der Waals surface area contributed by atoms with Crippen LogP contribution in [0.3, 0.4) is 0 Å². The molecule has 88 valence electrons. The average molecular weight is 259 g/mol. The van der Waals surface area contributed by atoms with Crippen LogP contribution in [0.1, 0.15) is 47.5 Å². The Balaban J connectivity index is 2.31. The van der Waals surface area contributed by atoms with Crippen molar-refractivity contribution in [2.45, 2.75) is 45.6 Å². The van der Waals surface area contributed by atoms with Crippen molar-refractivity contribution in [1.82, 2.24) is 0 Å². The van der Waals surface area contributed by atoms with Crippen LogP contribution in [0.5, 0.6) is 0 Å². The smallest absolute Gasteiger partial charge is 0.348 e. The molecule has 1 heterocycles. The van der Waals surface area contributed by atoms with Gasteiger partial charge in [0.25, 0.3) is 0 Å². The fraction of sp³-hybridized carbons (Fsp3) is 0.583. The van der Waals surface area contributed by atoms with E-state index >= 15 is 0 Å². The number of halogens is 1. The van der Waals surface area contributed by atoms with Crippen molar-refractivity contribution in [3.63, 3.8) is 0 Å². The summed E-state index contributed by atoms with van der Waals surface area (Å²) in [5, 5.41) is 0. The molecule has 0 bridgehead atoms. The molecule has 0 fully saturated rings. The highest BCUT2D eigenvalue weighted by Crippen LogP contribution is 2.38. The summed E-state index contributed by atoms with van der Waals surface area (Å²) in [5.41, 5.74) is 2.31. The summed E-state index contributed by atoms with van der Waals surface area (Å²) >= 11 is 7.53. The fourth-order valence-electron chi connectivity index (χ4n) is 2.02. The summed E-state index contributed by atoms with van der Waals surface area (Å²) in [5.74, 6) is -0.218. The Morgan fingerprint density at radius 2 is 1.94 bits per heavy atom. The van der Waals surface area contributed by atoms with E-state index in [0.29, 0.717) is 4.88 Å². The molecule has 0 unspecified atom stereocenters. The summed E-state index contributed by atoms with van der Waals surface area (Å²) in [6.45, 7) is 3.72. The maximum Gasteiger partial charge on any atom is 0.348 e. The van der Waals surface area contributed by atoms with E-state index in [-0.39, 0.29) is 12.1 Å². The van der Waals surface area contributed by atoms with Gasteiger partial charge in [0.05, 0.1) is 10.4 Å². The van der Waals surface area contributed by atoms with E-state index < -0.39 is 0 Å². The number of carbonyl (C=O) groups excluding carboxylic acids is 1. The summed E-state index contributed by atoms with van der Waals surface area (Å²) in [7, 11) is 0. The first-order valence-corrected chi connectivity index (χ1v) is 6.80. The molecule has 0 amide bonds. The van der Waals surface area contributed by atoms with Gasteiger partial charge in [-0.05, 0) is 50.7 Å². The summed E-state index contributed by atoms with van der Waals surface area (Å²) in [4.78, 5) is 12.6. The van der Waals surface area contributed by atoms with E-state index in [9.17, 15) is 4.79 Å². The molecule has 0 N–H and O–H groups in total. The van der Waals surface area contributed by atoms with Crippen molar-refractivity contribution in [2.24, 2.45) is 0 Å². The quantitative estimate of drug-likeness (QED) is 0.754. The van der Waals surface area contributed by atoms with E-state index in [4.69, 9.17) is 16.3 Å².